The Balaban J connectivity index is 1.54. The molecule has 7 nitrogen and oxygen atoms in total. The van der Waals surface area contributed by atoms with Gasteiger partial charge in [0.15, 0.2) is 5.82 Å². The van der Waals surface area contributed by atoms with Crippen LogP contribution in [-0.2, 0) is 6.54 Å². The number of amides is 2. The van der Waals surface area contributed by atoms with E-state index in [2.05, 4.69) is 37.8 Å². The maximum Gasteiger partial charge on any atom is 0.315 e. The van der Waals surface area contributed by atoms with Crippen LogP contribution in [0.5, 0.6) is 0 Å². The molecule has 128 valence electrons. The van der Waals surface area contributed by atoms with E-state index in [0.29, 0.717) is 11.7 Å². The Morgan fingerprint density at radius 1 is 1.38 bits per heavy atom. The Morgan fingerprint density at radius 3 is 2.88 bits per heavy atom. The highest BCUT2D eigenvalue weighted by molar-refractivity contribution is 5.74. The van der Waals surface area contributed by atoms with Gasteiger partial charge in [0.05, 0.1) is 12.6 Å². The van der Waals surface area contributed by atoms with E-state index in [0.717, 1.165) is 18.7 Å². The van der Waals surface area contributed by atoms with Crippen molar-refractivity contribution in [2.45, 2.75) is 39.3 Å². The molecule has 2 aromatic rings. The van der Waals surface area contributed by atoms with Crippen LogP contribution in [0.3, 0.4) is 0 Å². The van der Waals surface area contributed by atoms with E-state index in [1.807, 2.05) is 19.1 Å². The van der Waals surface area contributed by atoms with Gasteiger partial charge < -0.3 is 20.1 Å². The van der Waals surface area contributed by atoms with Gasteiger partial charge in [-0.2, -0.15) is 4.98 Å². The van der Waals surface area contributed by atoms with Crippen molar-refractivity contribution < 1.29 is 9.32 Å². The molecule has 0 radical (unpaired) electrons. The molecular formula is C17H23N5O2. The Kier molecular flexibility index (Phi) is 4.98. The third kappa shape index (κ3) is 4.04. The fourth-order valence-electron chi connectivity index (χ4n) is 2.87. The second-order valence-electron chi connectivity index (χ2n) is 6.07. The van der Waals surface area contributed by atoms with Crippen molar-refractivity contribution in [1.29, 1.82) is 0 Å². The molecular weight excluding hydrogens is 306 g/mol. The van der Waals surface area contributed by atoms with Crippen molar-refractivity contribution in [3.05, 3.63) is 41.5 Å². The Bertz CT molecular complexity index is 694. The second kappa shape index (κ2) is 7.33. The van der Waals surface area contributed by atoms with Gasteiger partial charge in [-0.05, 0) is 37.5 Å². The van der Waals surface area contributed by atoms with E-state index in [-0.39, 0.29) is 18.6 Å². The molecule has 0 bridgehead atoms. The quantitative estimate of drug-likeness (QED) is 0.881. The number of carbonyl (C=O) groups excluding carboxylic acids is 1. The zero-order valence-corrected chi connectivity index (χ0v) is 14.1. The SMILES string of the molecule is Cc1nc(CNC(=O)NC(C)c2cccc(N3CCCC3)c2)no1. The van der Waals surface area contributed by atoms with Crippen molar-refractivity contribution in [1.82, 2.24) is 20.8 Å². The van der Waals surface area contributed by atoms with Crippen LogP contribution in [0.1, 0.15) is 43.1 Å². The average Bonchev–Trinajstić information content (AvgIpc) is 3.24. The molecule has 1 aromatic carbocycles. The molecule has 2 N–H and O–H groups in total. The number of nitrogens with zero attached hydrogens (tertiary/aromatic N) is 3. The largest absolute Gasteiger partial charge is 0.372 e. The number of urea groups is 1. The minimum atomic E-state index is -0.253. The summed E-state index contributed by atoms with van der Waals surface area (Å²) in [7, 11) is 0. The number of aryl methyl sites for hydroxylation is 1. The Hall–Kier alpha value is -2.57. The van der Waals surface area contributed by atoms with Crippen molar-refractivity contribution in [2.24, 2.45) is 0 Å². The van der Waals surface area contributed by atoms with Crippen molar-refractivity contribution >= 4 is 11.7 Å². The molecule has 1 aliphatic rings. The summed E-state index contributed by atoms with van der Waals surface area (Å²) in [5.41, 5.74) is 2.31. The zero-order valence-electron chi connectivity index (χ0n) is 14.1. The molecule has 1 unspecified atom stereocenters. The van der Waals surface area contributed by atoms with Crippen LogP contribution in [0.25, 0.3) is 0 Å². The van der Waals surface area contributed by atoms with Gasteiger partial charge in [-0.15, -0.1) is 0 Å². The lowest BCUT2D eigenvalue weighted by molar-refractivity contribution is 0.237. The highest BCUT2D eigenvalue weighted by Gasteiger charge is 2.15. The van der Waals surface area contributed by atoms with Crippen molar-refractivity contribution in [3.8, 4) is 0 Å². The van der Waals surface area contributed by atoms with Crippen LogP contribution in [0.15, 0.2) is 28.8 Å². The highest BCUT2D eigenvalue weighted by atomic mass is 16.5. The summed E-state index contributed by atoms with van der Waals surface area (Å²) in [6, 6.07) is 8.02. The van der Waals surface area contributed by atoms with Gasteiger partial charge in [0, 0.05) is 25.7 Å². The summed E-state index contributed by atoms with van der Waals surface area (Å²) in [6.45, 7) is 6.14. The van der Waals surface area contributed by atoms with Crippen molar-refractivity contribution in [2.75, 3.05) is 18.0 Å². The van der Waals surface area contributed by atoms with E-state index in [1.165, 1.54) is 18.5 Å². The van der Waals surface area contributed by atoms with Gasteiger partial charge in [0.1, 0.15) is 0 Å². The van der Waals surface area contributed by atoms with Crippen LogP contribution < -0.4 is 15.5 Å². The first-order chi connectivity index (χ1) is 11.6. The predicted octanol–water partition coefficient (Wildman–Crippen LogP) is 2.54. The molecule has 2 amide bonds. The van der Waals surface area contributed by atoms with Gasteiger partial charge in [-0.25, -0.2) is 4.79 Å². The lowest BCUT2D eigenvalue weighted by Gasteiger charge is -2.20. The highest BCUT2D eigenvalue weighted by Crippen LogP contribution is 2.23. The first kappa shape index (κ1) is 16.3. The van der Waals surface area contributed by atoms with Crippen LogP contribution in [0.4, 0.5) is 10.5 Å². The van der Waals surface area contributed by atoms with Gasteiger partial charge in [-0.1, -0.05) is 17.3 Å². The molecule has 0 aliphatic carbocycles. The minimum absolute atomic E-state index is 0.0837. The summed E-state index contributed by atoms with van der Waals surface area (Å²) in [6.07, 6.45) is 2.49. The third-order valence-electron chi connectivity index (χ3n) is 4.17. The molecule has 0 saturated carbocycles. The van der Waals surface area contributed by atoms with E-state index in [4.69, 9.17) is 4.52 Å². The molecule has 1 fully saturated rings. The first-order valence-electron chi connectivity index (χ1n) is 8.30. The summed E-state index contributed by atoms with van der Waals surface area (Å²) in [4.78, 5) is 18.5. The Labute approximate surface area is 141 Å². The Morgan fingerprint density at radius 2 is 2.17 bits per heavy atom. The number of anilines is 1. The molecule has 1 atom stereocenters. The third-order valence-corrected chi connectivity index (χ3v) is 4.17. The minimum Gasteiger partial charge on any atom is -0.372 e. The van der Waals surface area contributed by atoms with Gasteiger partial charge in [0.2, 0.25) is 5.89 Å². The van der Waals surface area contributed by atoms with Gasteiger partial charge >= 0.3 is 6.03 Å². The van der Waals surface area contributed by atoms with Gasteiger partial charge in [0.25, 0.3) is 0 Å². The summed E-state index contributed by atoms with van der Waals surface area (Å²) in [5.74, 6) is 0.950. The smallest absolute Gasteiger partial charge is 0.315 e. The normalized spacial score (nSPS) is 15.3. The summed E-state index contributed by atoms with van der Waals surface area (Å²) >= 11 is 0. The molecule has 7 heteroatoms. The molecule has 1 saturated heterocycles. The van der Waals surface area contributed by atoms with Crippen LogP contribution in [0.2, 0.25) is 0 Å². The number of hydrogen-bond acceptors (Lipinski definition) is 5. The maximum atomic E-state index is 12.0. The molecule has 3 rings (SSSR count). The molecule has 24 heavy (non-hydrogen) atoms. The lowest BCUT2D eigenvalue weighted by atomic mass is 10.1. The number of aromatic nitrogens is 2. The number of nitrogens with one attached hydrogen (secondary N) is 2. The summed E-state index contributed by atoms with van der Waals surface area (Å²) in [5, 5.41) is 9.42. The average molecular weight is 329 g/mol. The fourth-order valence-corrected chi connectivity index (χ4v) is 2.87. The number of hydrogen-bond donors (Lipinski definition) is 2. The monoisotopic (exact) mass is 329 g/mol. The zero-order chi connectivity index (χ0) is 16.9. The van der Waals surface area contributed by atoms with E-state index in [1.54, 1.807) is 6.92 Å². The fraction of sp³-hybridized carbons (Fsp3) is 0.471. The number of rotatable bonds is 5. The van der Waals surface area contributed by atoms with Crippen LogP contribution >= 0.6 is 0 Å². The first-order valence-corrected chi connectivity index (χ1v) is 8.30. The number of carbonyl (C=O) groups is 1. The van der Waals surface area contributed by atoms with E-state index >= 15 is 0 Å². The number of benzene rings is 1. The van der Waals surface area contributed by atoms with E-state index < -0.39 is 0 Å². The van der Waals surface area contributed by atoms with E-state index in [9.17, 15) is 4.79 Å². The lowest BCUT2D eigenvalue weighted by Crippen LogP contribution is -2.36. The maximum absolute atomic E-state index is 12.0. The van der Waals surface area contributed by atoms with Gasteiger partial charge in [-0.3, -0.25) is 0 Å². The van der Waals surface area contributed by atoms with Crippen LogP contribution in [-0.4, -0.2) is 29.3 Å². The molecule has 0 spiro atoms. The molecule has 1 aliphatic heterocycles. The second-order valence-corrected chi connectivity index (χ2v) is 6.07. The molecule has 1 aromatic heterocycles. The van der Waals surface area contributed by atoms with Crippen molar-refractivity contribution in [3.63, 3.8) is 0 Å². The summed E-state index contributed by atoms with van der Waals surface area (Å²) < 4.78 is 4.87. The standard InChI is InChI=1S/C17H23N5O2/c1-12(19-17(23)18-11-16-20-13(2)24-21-16)14-6-5-7-15(10-14)22-8-3-4-9-22/h5-7,10,12H,3-4,8-9,11H2,1-2H3,(H2,18,19,23). The van der Waals surface area contributed by atoms with Crippen LogP contribution in [0, 0.1) is 6.92 Å². The predicted molar refractivity (Wildman–Crippen MR) is 90.7 cm³/mol. The molecule has 2 heterocycles. The topological polar surface area (TPSA) is 83.3 Å².